The molecule has 0 spiro atoms. The van der Waals surface area contributed by atoms with Crippen molar-refractivity contribution in [1.29, 1.82) is 0 Å². The highest BCUT2D eigenvalue weighted by molar-refractivity contribution is 5.96. The number of carbonyl (C=O) groups is 3. The van der Waals surface area contributed by atoms with E-state index in [-0.39, 0.29) is 24.4 Å². The third-order valence-electron chi connectivity index (χ3n) is 4.12. The Morgan fingerprint density at radius 2 is 1.90 bits per heavy atom. The zero-order chi connectivity index (χ0) is 21.4. The number of pyridine rings is 1. The summed E-state index contributed by atoms with van der Waals surface area (Å²) < 4.78 is 4.95. The Bertz CT molecular complexity index is 885. The van der Waals surface area contributed by atoms with Crippen LogP contribution < -0.4 is 11.1 Å². The number of nitrogens with two attached hydrogens (primary N) is 1. The van der Waals surface area contributed by atoms with Crippen LogP contribution in [0.25, 0.3) is 0 Å². The minimum Gasteiger partial charge on any atom is -0.466 e. The highest BCUT2D eigenvalue weighted by Crippen LogP contribution is 2.27. The van der Waals surface area contributed by atoms with E-state index >= 15 is 0 Å². The number of carbonyl (C=O) groups excluding carboxylic acids is 3. The molecule has 29 heavy (non-hydrogen) atoms. The van der Waals surface area contributed by atoms with E-state index in [4.69, 9.17) is 10.5 Å². The Morgan fingerprint density at radius 3 is 2.41 bits per heavy atom. The summed E-state index contributed by atoms with van der Waals surface area (Å²) in [5, 5.41) is 13.4. The highest BCUT2D eigenvalue weighted by atomic mass is 16.6. The summed E-state index contributed by atoms with van der Waals surface area (Å²) in [7, 11) is 0. The van der Waals surface area contributed by atoms with Gasteiger partial charge in [-0.05, 0) is 24.6 Å². The van der Waals surface area contributed by atoms with Gasteiger partial charge in [-0.3, -0.25) is 29.5 Å². The van der Waals surface area contributed by atoms with Gasteiger partial charge >= 0.3 is 5.97 Å². The van der Waals surface area contributed by atoms with Crippen molar-refractivity contribution >= 4 is 23.5 Å². The number of nitro benzene ring substituents is 1. The van der Waals surface area contributed by atoms with Crippen LogP contribution >= 0.6 is 0 Å². The fraction of sp³-hybridized carbons (Fsp3) is 0.263. The third-order valence-corrected chi connectivity index (χ3v) is 4.12. The molecule has 10 heteroatoms. The van der Waals surface area contributed by atoms with Crippen LogP contribution in [0, 0.1) is 10.1 Å². The molecule has 2 rings (SSSR count). The lowest BCUT2D eigenvalue weighted by atomic mass is 9.87. The second-order valence-electron chi connectivity index (χ2n) is 6.03. The molecule has 2 atom stereocenters. The number of ether oxygens (including phenoxy) is 1. The summed E-state index contributed by atoms with van der Waals surface area (Å²) in [4.78, 5) is 50.9. The topological polar surface area (TPSA) is 155 Å². The first-order valence-electron chi connectivity index (χ1n) is 8.74. The molecule has 2 amide bonds. The number of hydrogen-bond acceptors (Lipinski definition) is 7. The van der Waals surface area contributed by atoms with Gasteiger partial charge in [0.25, 0.3) is 11.6 Å². The SMILES string of the molecule is CCOC(=O)C[C@H](c1ccc([N+](=O)[O-])cc1)[C@@H](NC(=O)c1ccccn1)C(N)=O. The Kier molecular flexibility index (Phi) is 7.35. The van der Waals surface area contributed by atoms with Crippen molar-refractivity contribution in [3.63, 3.8) is 0 Å². The molecule has 1 aromatic carbocycles. The number of nitrogens with zero attached hydrogens (tertiary/aromatic N) is 2. The van der Waals surface area contributed by atoms with Crippen LogP contribution in [0.15, 0.2) is 48.7 Å². The largest absolute Gasteiger partial charge is 0.466 e. The Morgan fingerprint density at radius 1 is 1.21 bits per heavy atom. The molecule has 0 saturated carbocycles. The van der Waals surface area contributed by atoms with Gasteiger partial charge in [0.05, 0.1) is 18.0 Å². The van der Waals surface area contributed by atoms with Gasteiger partial charge in [0.1, 0.15) is 11.7 Å². The highest BCUT2D eigenvalue weighted by Gasteiger charge is 2.32. The Balaban J connectivity index is 2.36. The summed E-state index contributed by atoms with van der Waals surface area (Å²) in [6.45, 7) is 1.76. The number of nitrogens with one attached hydrogen (secondary N) is 1. The number of nitro groups is 1. The molecule has 0 saturated heterocycles. The summed E-state index contributed by atoms with van der Waals surface area (Å²) in [5.74, 6) is -3.01. The van der Waals surface area contributed by atoms with Crippen molar-refractivity contribution in [1.82, 2.24) is 10.3 Å². The number of non-ortho nitro benzene ring substituents is 1. The fourth-order valence-corrected chi connectivity index (χ4v) is 2.75. The van der Waals surface area contributed by atoms with Gasteiger partial charge in [0.15, 0.2) is 0 Å². The van der Waals surface area contributed by atoms with E-state index in [1.54, 1.807) is 19.1 Å². The molecular formula is C19H20N4O6. The van der Waals surface area contributed by atoms with E-state index in [9.17, 15) is 24.5 Å². The second kappa shape index (κ2) is 9.93. The number of esters is 1. The average molecular weight is 400 g/mol. The number of aromatic nitrogens is 1. The summed E-state index contributed by atoms with van der Waals surface area (Å²) >= 11 is 0. The Hall–Kier alpha value is -3.82. The maximum Gasteiger partial charge on any atom is 0.306 e. The van der Waals surface area contributed by atoms with Gasteiger partial charge in [0.2, 0.25) is 5.91 Å². The maximum absolute atomic E-state index is 12.5. The van der Waals surface area contributed by atoms with Gasteiger partial charge in [0, 0.05) is 24.2 Å². The van der Waals surface area contributed by atoms with E-state index in [0.717, 1.165) is 0 Å². The Labute approximate surface area is 166 Å². The molecule has 0 aliphatic heterocycles. The molecule has 1 aromatic heterocycles. The van der Waals surface area contributed by atoms with Crippen LogP contribution in [0.3, 0.4) is 0 Å². The quantitative estimate of drug-likeness (QED) is 0.365. The predicted octanol–water partition coefficient (Wildman–Crippen LogP) is 1.31. The minimum atomic E-state index is -1.27. The molecule has 1 heterocycles. The summed E-state index contributed by atoms with van der Waals surface area (Å²) in [6, 6.07) is 8.72. The molecule has 0 bridgehead atoms. The minimum absolute atomic E-state index is 0.0670. The first kappa shape index (κ1) is 21.5. The number of amides is 2. The molecule has 0 aliphatic rings. The van der Waals surface area contributed by atoms with Crippen molar-refractivity contribution in [3.8, 4) is 0 Å². The van der Waals surface area contributed by atoms with Crippen molar-refractivity contribution in [2.75, 3.05) is 6.61 Å². The molecular weight excluding hydrogens is 380 g/mol. The lowest BCUT2D eigenvalue weighted by Crippen LogP contribution is -2.49. The molecule has 152 valence electrons. The molecule has 10 nitrogen and oxygen atoms in total. The molecule has 0 fully saturated rings. The first-order chi connectivity index (χ1) is 13.8. The standard InChI is InChI=1S/C19H20N4O6/c1-2-29-16(24)11-14(12-6-8-13(9-7-12)23(27)28)17(18(20)25)22-19(26)15-5-3-4-10-21-15/h3-10,14,17H,2,11H2,1H3,(H2,20,25)(H,22,26)/t14-,17-/m1/s1. The average Bonchev–Trinajstić information content (AvgIpc) is 2.71. The van der Waals surface area contributed by atoms with Gasteiger partial charge in [-0.25, -0.2) is 0 Å². The van der Waals surface area contributed by atoms with E-state index in [0.29, 0.717) is 5.56 Å². The van der Waals surface area contributed by atoms with E-state index in [1.807, 2.05) is 0 Å². The van der Waals surface area contributed by atoms with Crippen molar-refractivity contribution in [2.24, 2.45) is 5.73 Å². The number of primary amides is 1. The predicted molar refractivity (Wildman–Crippen MR) is 102 cm³/mol. The fourth-order valence-electron chi connectivity index (χ4n) is 2.75. The molecule has 0 radical (unpaired) electrons. The zero-order valence-corrected chi connectivity index (χ0v) is 15.6. The lowest BCUT2D eigenvalue weighted by Gasteiger charge is -2.25. The monoisotopic (exact) mass is 400 g/mol. The normalized spacial score (nSPS) is 12.4. The first-order valence-corrected chi connectivity index (χ1v) is 8.74. The summed E-state index contributed by atoms with van der Waals surface area (Å²) in [5.41, 5.74) is 5.82. The number of hydrogen-bond donors (Lipinski definition) is 2. The van der Waals surface area contributed by atoms with E-state index < -0.39 is 34.7 Å². The number of rotatable bonds is 9. The van der Waals surface area contributed by atoms with Crippen LogP contribution in [0.2, 0.25) is 0 Å². The van der Waals surface area contributed by atoms with Crippen LogP contribution in [0.1, 0.15) is 35.3 Å². The van der Waals surface area contributed by atoms with Crippen LogP contribution in [0.4, 0.5) is 5.69 Å². The van der Waals surface area contributed by atoms with Crippen molar-refractivity contribution in [2.45, 2.75) is 25.3 Å². The van der Waals surface area contributed by atoms with Crippen LogP contribution in [-0.2, 0) is 14.3 Å². The van der Waals surface area contributed by atoms with E-state index in [1.165, 1.54) is 36.5 Å². The van der Waals surface area contributed by atoms with E-state index in [2.05, 4.69) is 10.3 Å². The lowest BCUT2D eigenvalue weighted by molar-refractivity contribution is -0.384. The zero-order valence-electron chi connectivity index (χ0n) is 15.6. The third kappa shape index (κ3) is 5.83. The molecule has 0 unspecified atom stereocenters. The van der Waals surface area contributed by atoms with Gasteiger partial charge in [-0.15, -0.1) is 0 Å². The van der Waals surface area contributed by atoms with Gasteiger partial charge in [-0.2, -0.15) is 0 Å². The van der Waals surface area contributed by atoms with Gasteiger partial charge < -0.3 is 15.8 Å². The summed E-state index contributed by atoms with van der Waals surface area (Å²) in [6.07, 6.45) is 1.16. The number of benzene rings is 1. The van der Waals surface area contributed by atoms with Gasteiger partial charge in [-0.1, -0.05) is 18.2 Å². The van der Waals surface area contributed by atoms with Crippen molar-refractivity contribution < 1.29 is 24.0 Å². The van der Waals surface area contributed by atoms with Crippen molar-refractivity contribution in [3.05, 3.63) is 70.0 Å². The maximum atomic E-state index is 12.5. The molecule has 3 N–H and O–H groups in total. The smallest absolute Gasteiger partial charge is 0.306 e. The van der Waals surface area contributed by atoms with Crippen LogP contribution in [-0.4, -0.2) is 40.3 Å². The molecule has 0 aliphatic carbocycles. The second-order valence-corrected chi connectivity index (χ2v) is 6.03. The van der Waals surface area contributed by atoms with Crippen LogP contribution in [0.5, 0.6) is 0 Å². The molecule has 2 aromatic rings.